The van der Waals surface area contributed by atoms with Crippen molar-refractivity contribution in [2.45, 2.75) is 38.5 Å². The number of aliphatic hydroxyl groups excluding tert-OH is 1. The summed E-state index contributed by atoms with van der Waals surface area (Å²) in [4.78, 5) is 18.9. The highest BCUT2D eigenvalue weighted by molar-refractivity contribution is 9.10. The Balaban J connectivity index is 1.69. The molecule has 1 amide bonds. The molecule has 6 nitrogen and oxygen atoms in total. The standard InChI is InChI=1S/C20H23BrClN3O3/c1-20(2,28)17(26)11-25-7-6-12-8-16(23-9-13(12)10-25)19(27)24-15-5-3-4-14(21)18(15)22/h3-5,8-9,17,26,28H,6-7,10-11H2,1-2H3,(H,24,27)/t17-/m1/s1. The highest BCUT2D eigenvalue weighted by Crippen LogP contribution is 2.30. The zero-order valence-corrected chi connectivity index (χ0v) is 18.1. The van der Waals surface area contributed by atoms with Crippen molar-refractivity contribution in [1.82, 2.24) is 9.88 Å². The minimum Gasteiger partial charge on any atom is -0.389 e. The Kier molecular flexibility index (Phi) is 6.41. The Morgan fingerprint density at radius 2 is 2.18 bits per heavy atom. The number of β-amino-alcohol motifs (C(OH)–C–C–N with tert-alkyl or cyclic N) is 1. The van der Waals surface area contributed by atoms with Crippen LogP contribution in [0.15, 0.2) is 34.9 Å². The first-order chi connectivity index (χ1) is 13.1. The van der Waals surface area contributed by atoms with Gasteiger partial charge in [0.05, 0.1) is 22.4 Å². The van der Waals surface area contributed by atoms with E-state index in [4.69, 9.17) is 11.6 Å². The zero-order valence-electron chi connectivity index (χ0n) is 15.7. The third-order valence-electron chi connectivity index (χ3n) is 4.85. The van der Waals surface area contributed by atoms with Crippen LogP contribution in [-0.4, -0.2) is 50.8 Å². The summed E-state index contributed by atoms with van der Waals surface area (Å²) in [5.74, 6) is -0.317. The SMILES string of the molecule is CC(C)(O)[C@H](O)CN1CCc2cc(C(=O)Nc3cccc(Br)c3Cl)ncc2C1. The topological polar surface area (TPSA) is 85.7 Å². The Labute approximate surface area is 177 Å². The fourth-order valence-corrected chi connectivity index (χ4v) is 3.57. The van der Waals surface area contributed by atoms with Crippen molar-refractivity contribution in [2.24, 2.45) is 0 Å². The van der Waals surface area contributed by atoms with Crippen molar-refractivity contribution in [3.05, 3.63) is 56.8 Å². The Hall–Kier alpha value is -1.51. The molecule has 0 saturated carbocycles. The molecule has 1 aliphatic rings. The number of aliphatic hydroxyl groups is 2. The number of amides is 1. The summed E-state index contributed by atoms with van der Waals surface area (Å²) in [5.41, 5.74) is 1.79. The smallest absolute Gasteiger partial charge is 0.274 e. The first kappa shape index (κ1) is 21.2. The van der Waals surface area contributed by atoms with Gasteiger partial charge in [-0.3, -0.25) is 14.7 Å². The number of halogens is 2. The lowest BCUT2D eigenvalue weighted by atomic mass is 9.97. The van der Waals surface area contributed by atoms with E-state index >= 15 is 0 Å². The predicted octanol–water partition coefficient (Wildman–Crippen LogP) is 3.24. The molecule has 0 spiro atoms. The molecule has 1 aromatic carbocycles. The highest BCUT2D eigenvalue weighted by atomic mass is 79.9. The van der Waals surface area contributed by atoms with Crippen LogP contribution < -0.4 is 5.32 Å². The molecule has 150 valence electrons. The Morgan fingerprint density at radius 1 is 1.43 bits per heavy atom. The van der Waals surface area contributed by atoms with Gasteiger partial charge < -0.3 is 15.5 Å². The third-order valence-corrected chi connectivity index (χ3v) is 6.15. The van der Waals surface area contributed by atoms with Crippen LogP contribution in [0.1, 0.15) is 35.5 Å². The number of nitrogens with zero attached hydrogens (tertiary/aromatic N) is 2. The monoisotopic (exact) mass is 467 g/mol. The number of benzene rings is 1. The van der Waals surface area contributed by atoms with Crippen LogP contribution in [0.25, 0.3) is 0 Å². The van der Waals surface area contributed by atoms with Gasteiger partial charge in [0, 0.05) is 30.3 Å². The zero-order chi connectivity index (χ0) is 20.5. The summed E-state index contributed by atoms with van der Waals surface area (Å²) in [6.45, 7) is 4.93. The lowest BCUT2D eigenvalue weighted by Crippen LogP contribution is -2.46. The van der Waals surface area contributed by atoms with E-state index in [9.17, 15) is 15.0 Å². The van der Waals surface area contributed by atoms with Gasteiger partial charge in [0.25, 0.3) is 5.91 Å². The van der Waals surface area contributed by atoms with Gasteiger partial charge in [0.1, 0.15) is 5.69 Å². The van der Waals surface area contributed by atoms with Gasteiger partial charge in [-0.05, 0) is 65.5 Å². The van der Waals surface area contributed by atoms with Crippen LogP contribution in [0, 0.1) is 0 Å². The van der Waals surface area contributed by atoms with Crippen molar-refractivity contribution in [3.63, 3.8) is 0 Å². The molecule has 28 heavy (non-hydrogen) atoms. The van der Waals surface area contributed by atoms with Crippen molar-refractivity contribution in [1.29, 1.82) is 0 Å². The first-order valence-corrected chi connectivity index (χ1v) is 10.2. The number of aromatic nitrogens is 1. The van der Waals surface area contributed by atoms with Gasteiger partial charge in [-0.2, -0.15) is 0 Å². The fourth-order valence-electron chi connectivity index (χ4n) is 3.03. The van der Waals surface area contributed by atoms with Crippen molar-refractivity contribution in [3.8, 4) is 0 Å². The molecule has 1 aromatic heterocycles. The van der Waals surface area contributed by atoms with Gasteiger partial charge in [0.2, 0.25) is 0 Å². The summed E-state index contributed by atoms with van der Waals surface area (Å²) in [6, 6.07) is 7.13. The summed E-state index contributed by atoms with van der Waals surface area (Å²) in [7, 11) is 0. The molecule has 3 rings (SSSR count). The molecule has 0 saturated heterocycles. The maximum atomic E-state index is 12.6. The average Bonchev–Trinajstić information content (AvgIpc) is 2.64. The number of carbonyl (C=O) groups is 1. The number of rotatable bonds is 5. The van der Waals surface area contributed by atoms with Crippen LogP contribution in [0.5, 0.6) is 0 Å². The highest BCUT2D eigenvalue weighted by Gasteiger charge is 2.28. The van der Waals surface area contributed by atoms with E-state index in [2.05, 4.69) is 31.1 Å². The van der Waals surface area contributed by atoms with Gasteiger partial charge in [-0.25, -0.2) is 0 Å². The van der Waals surface area contributed by atoms with E-state index in [0.29, 0.717) is 34.0 Å². The second-order valence-corrected chi connectivity index (χ2v) is 8.78. The van der Waals surface area contributed by atoms with E-state index < -0.39 is 11.7 Å². The molecule has 0 fully saturated rings. The van der Waals surface area contributed by atoms with E-state index in [0.717, 1.165) is 24.1 Å². The molecule has 0 radical (unpaired) electrons. The van der Waals surface area contributed by atoms with E-state index in [1.54, 1.807) is 44.3 Å². The van der Waals surface area contributed by atoms with E-state index in [1.165, 1.54) is 0 Å². The van der Waals surface area contributed by atoms with Crippen molar-refractivity contribution >= 4 is 39.1 Å². The third kappa shape index (κ3) is 4.90. The maximum absolute atomic E-state index is 12.6. The van der Waals surface area contributed by atoms with Crippen LogP contribution >= 0.6 is 27.5 Å². The number of hydrogen-bond acceptors (Lipinski definition) is 5. The molecule has 1 aliphatic heterocycles. The molecule has 0 bridgehead atoms. The number of anilines is 1. The summed E-state index contributed by atoms with van der Waals surface area (Å²) in [6.07, 6.45) is 1.62. The van der Waals surface area contributed by atoms with E-state index in [-0.39, 0.29) is 5.91 Å². The lowest BCUT2D eigenvalue weighted by Gasteiger charge is -2.33. The van der Waals surface area contributed by atoms with Crippen LogP contribution in [-0.2, 0) is 13.0 Å². The largest absolute Gasteiger partial charge is 0.389 e. The molecule has 0 unspecified atom stereocenters. The van der Waals surface area contributed by atoms with Crippen molar-refractivity contribution in [2.75, 3.05) is 18.4 Å². The van der Waals surface area contributed by atoms with Gasteiger partial charge in [0.15, 0.2) is 0 Å². The molecule has 2 aromatic rings. The number of fused-ring (bicyclic) bond motifs is 1. The second-order valence-electron chi connectivity index (χ2n) is 7.55. The molecule has 0 aliphatic carbocycles. The maximum Gasteiger partial charge on any atom is 0.274 e. The predicted molar refractivity (Wildman–Crippen MR) is 113 cm³/mol. The molecule has 1 atom stereocenters. The van der Waals surface area contributed by atoms with E-state index in [1.807, 2.05) is 0 Å². The molecule has 2 heterocycles. The minimum atomic E-state index is -1.14. The van der Waals surface area contributed by atoms with Crippen LogP contribution in [0.4, 0.5) is 5.69 Å². The first-order valence-electron chi connectivity index (χ1n) is 9.01. The normalized spacial score (nSPS) is 15.8. The molecular formula is C20H23BrClN3O3. The van der Waals surface area contributed by atoms with Gasteiger partial charge >= 0.3 is 0 Å². The van der Waals surface area contributed by atoms with Gasteiger partial charge in [-0.1, -0.05) is 17.7 Å². The van der Waals surface area contributed by atoms with Gasteiger partial charge in [-0.15, -0.1) is 0 Å². The quantitative estimate of drug-likeness (QED) is 0.627. The van der Waals surface area contributed by atoms with Crippen molar-refractivity contribution < 1.29 is 15.0 Å². The minimum absolute atomic E-state index is 0.317. The number of nitrogens with one attached hydrogen (secondary N) is 1. The number of carbonyl (C=O) groups excluding carboxylic acids is 1. The van der Waals surface area contributed by atoms with Crippen LogP contribution in [0.3, 0.4) is 0 Å². The molecule has 8 heteroatoms. The summed E-state index contributed by atoms with van der Waals surface area (Å²) < 4.78 is 0.707. The fraction of sp³-hybridized carbons (Fsp3) is 0.400. The Morgan fingerprint density at radius 3 is 2.89 bits per heavy atom. The lowest BCUT2D eigenvalue weighted by molar-refractivity contribution is -0.0631. The Bertz CT molecular complexity index is 885. The summed E-state index contributed by atoms with van der Waals surface area (Å²) in [5, 5.41) is 23.3. The molecule has 3 N–H and O–H groups in total. The number of pyridine rings is 1. The number of hydrogen-bond donors (Lipinski definition) is 3. The molecular weight excluding hydrogens is 446 g/mol. The summed E-state index contributed by atoms with van der Waals surface area (Å²) >= 11 is 9.54. The average molecular weight is 469 g/mol. The van der Waals surface area contributed by atoms with Crippen LogP contribution in [0.2, 0.25) is 5.02 Å². The second kappa shape index (κ2) is 8.47.